The minimum Gasteiger partial charge on any atom is -0.486 e. The monoisotopic (exact) mass is 603 g/mol. The fourth-order valence-corrected chi connectivity index (χ4v) is 4.97. The highest BCUT2D eigenvalue weighted by Crippen LogP contribution is 2.18. The third kappa shape index (κ3) is 7.92. The number of aromatic nitrogens is 2. The summed E-state index contributed by atoms with van der Waals surface area (Å²) in [7, 11) is 0. The first-order valence-corrected chi connectivity index (χ1v) is 14.4. The van der Waals surface area contributed by atoms with Crippen LogP contribution in [0, 0.1) is 0 Å². The number of rotatable bonds is 11. The summed E-state index contributed by atoms with van der Waals surface area (Å²) in [6, 6.07) is 24.6. The Kier molecular flexibility index (Phi) is 9.93. The second-order valence-corrected chi connectivity index (χ2v) is 10.7. The first-order chi connectivity index (χ1) is 20.9. The largest absolute Gasteiger partial charge is 0.486 e. The van der Waals surface area contributed by atoms with Crippen molar-refractivity contribution in [1.82, 2.24) is 19.8 Å². The average molecular weight is 604 g/mol. The molecular weight excluding hydrogens is 570 g/mol. The van der Waals surface area contributed by atoms with Gasteiger partial charge in [-0.2, -0.15) is 0 Å². The van der Waals surface area contributed by atoms with E-state index in [1.807, 2.05) is 65.4 Å². The number of aliphatic hydroxyl groups excluding tert-OH is 2. The molecule has 11 heteroatoms. The van der Waals surface area contributed by atoms with Crippen LogP contribution in [0.2, 0.25) is 5.02 Å². The van der Waals surface area contributed by atoms with Crippen molar-refractivity contribution < 1.29 is 24.5 Å². The molecule has 3 N–H and O–H groups in total. The molecule has 5 rings (SSSR count). The van der Waals surface area contributed by atoms with Gasteiger partial charge in [-0.15, -0.1) is 0 Å². The Morgan fingerprint density at radius 2 is 1.56 bits per heavy atom. The van der Waals surface area contributed by atoms with E-state index in [0.717, 1.165) is 22.6 Å². The fourth-order valence-electron chi connectivity index (χ4n) is 4.85. The van der Waals surface area contributed by atoms with Crippen molar-refractivity contribution in [2.45, 2.75) is 31.9 Å². The van der Waals surface area contributed by atoms with Gasteiger partial charge in [0, 0.05) is 62.4 Å². The van der Waals surface area contributed by atoms with E-state index in [2.05, 4.69) is 15.2 Å². The van der Waals surface area contributed by atoms with Gasteiger partial charge in [-0.1, -0.05) is 54.1 Å². The molecule has 4 aromatic rings. The van der Waals surface area contributed by atoms with Crippen LogP contribution in [0.5, 0.6) is 5.75 Å². The zero-order valence-corrected chi connectivity index (χ0v) is 24.3. The minimum absolute atomic E-state index is 0.109. The maximum Gasteiger partial charge on any atom is 0.254 e. The van der Waals surface area contributed by atoms with Crippen LogP contribution in [0.3, 0.4) is 0 Å². The highest BCUT2D eigenvalue weighted by atomic mass is 35.5. The average Bonchev–Trinajstić information content (AvgIpc) is 3.50. The van der Waals surface area contributed by atoms with Crippen LogP contribution in [-0.4, -0.2) is 74.9 Å². The zero-order chi connectivity index (χ0) is 30.2. The molecule has 0 radical (unpaired) electrons. The van der Waals surface area contributed by atoms with Crippen LogP contribution in [0.15, 0.2) is 91.3 Å². The lowest BCUT2D eigenvalue weighted by atomic mass is 10.1. The second-order valence-electron chi connectivity index (χ2n) is 10.3. The van der Waals surface area contributed by atoms with Crippen molar-refractivity contribution in [2.75, 3.05) is 31.1 Å². The number of hydrogen-bond donors (Lipinski definition) is 3. The summed E-state index contributed by atoms with van der Waals surface area (Å²) < 4.78 is 7.91. The first-order valence-electron chi connectivity index (χ1n) is 14.1. The van der Waals surface area contributed by atoms with E-state index in [1.54, 1.807) is 30.5 Å². The van der Waals surface area contributed by atoms with E-state index in [9.17, 15) is 19.8 Å². The maximum absolute atomic E-state index is 12.8. The second kappa shape index (κ2) is 14.2. The van der Waals surface area contributed by atoms with E-state index in [1.165, 1.54) is 4.90 Å². The van der Waals surface area contributed by atoms with Gasteiger partial charge < -0.3 is 34.6 Å². The van der Waals surface area contributed by atoms with Crippen LogP contribution in [0.25, 0.3) is 0 Å². The van der Waals surface area contributed by atoms with Crippen LogP contribution in [0.1, 0.15) is 17.0 Å². The summed E-state index contributed by atoms with van der Waals surface area (Å²) >= 11 is 5.98. The molecule has 3 aromatic carbocycles. The van der Waals surface area contributed by atoms with Crippen LogP contribution in [0.4, 0.5) is 5.69 Å². The number of carbonyl (C=O) groups is 2. The molecule has 2 atom stereocenters. The predicted molar refractivity (Wildman–Crippen MR) is 163 cm³/mol. The lowest BCUT2D eigenvalue weighted by Gasteiger charge is -2.37. The van der Waals surface area contributed by atoms with Crippen molar-refractivity contribution in [3.8, 4) is 5.75 Å². The molecule has 224 valence electrons. The smallest absolute Gasteiger partial charge is 0.254 e. The molecule has 2 heterocycles. The molecule has 0 saturated carbocycles. The number of aliphatic hydroxyl groups is 2. The third-order valence-corrected chi connectivity index (χ3v) is 7.61. The van der Waals surface area contributed by atoms with Crippen molar-refractivity contribution in [1.29, 1.82) is 0 Å². The predicted octanol–water partition coefficient (Wildman–Crippen LogP) is 2.85. The number of halogens is 1. The van der Waals surface area contributed by atoms with Gasteiger partial charge in [0.25, 0.3) is 11.8 Å². The molecule has 1 aliphatic rings. The number of benzene rings is 3. The molecule has 0 unspecified atom stereocenters. The zero-order valence-electron chi connectivity index (χ0n) is 23.6. The number of nitrogens with one attached hydrogen (secondary N) is 1. The fraction of sp³-hybridized carbons (Fsp3) is 0.281. The van der Waals surface area contributed by atoms with Crippen LogP contribution in [-0.2, 0) is 29.3 Å². The third-order valence-electron chi connectivity index (χ3n) is 7.36. The van der Waals surface area contributed by atoms with Crippen molar-refractivity contribution in [3.05, 3.63) is 113 Å². The number of piperazine rings is 1. The number of hydrogen-bond acceptors (Lipinski definition) is 7. The number of carbonyl (C=O) groups excluding carboxylic acids is 2. The number of nitrogens with zero attached hydrogens (tertiary/aromatic N) is 4. The Morgan fingerprint density at radius 1 is 0.884 bits per heavy atom. The van der Waals surface area contributed by atoms with Crippen molar-refractivity contribution >= 4 is 29.1 Å². The van der Waals surface area contributed by atoms with Gasteiger partial charge in [0.1, 0.15) is 18.2 Å². The molecule has 0 bridgehead atoms. The van der Waals surface area contributed by atoms with Crippen molar-refractivity contribution in [2.24, 2.45) is 0 Å². The van der Waals surface area contributed by atoms with Gasteiger partial charge in [0.15, 0.2) is 12.2 Å². The molecule has 1 saturated heterocycles. The molecule has 43 heavy (non-hydrogen) atoms. The van der Waals surface area contributed by atoms with Crippen LogP contribution >= 0.6 is 11.6 Å². The Hall–Kier alpha value is -4.38. The highest BCUT2D eigenvalue weighted by Gasteiger charge is 2.34. The summed E-state index contributed by atoms with van der Waals surface area (Å²) in [6.07, 6.45) is -0.0971. The Balaban J connectivity index is 1.05. The van der Waals surface area contributed by atoms with Gasteiger partial charge in [-0.05, 0) is 47.5 Å². The van der Waals surface area contributed by atoms with Gasteiger partial charge in [0.05, 0.1) is 0 Å². The molecular formula is C32H34ClN5O5. The van der Waals surface area contributed by atoms with Gasteiger partial charge >= 0.3 is 0 Å². The Bertz CT molecular complexity index is 1490. The molecule has 10 nitrogen and oxygen atoms in total. The molecule has 1 aliphatic heterocycles. The highest BCUT2D eigenvalue weighted by molar-refractivity contribution is 6.30. The van der Waals surface area contributed by atoms with E-state index < -0.39 is 24.0 Å². The molecule has 2 amide bonds. The SMILES string of the molecule is O=C(NCc1ccc(OCc2nccn2Cc2ccc(Cl)cc2)cc1)[C@H](O)[C@@H](O)C(=O)N1CCN(c2ccccc2)CC1. The molecule has 0 spiro atoms. The quantitative estimate of drug-likeness (QED) is 0.241. The molecule has 0 aliphatic carbocycles. The van der Waals surface area contributed by atoms with Gasteiger partial charge in [0.2, 0.25) is 0 Å². The first kappa shape index (κ1) is 30.1. The van der Waals surface area contributed by atoms with E-state index >= 15 is 0 Å². The molecule has 1 fully saturated rings. The topological polar surface area (TPSA) is 120 Å². The lowest BCUT2D eigenvalue weighted by molar-refractivity contribution is -0.153. The normalized spacial score (nSPS) is 14.7. The maximum atomic E-state index is 12.8. The summed E-state index contributed by atoms with van der Waals surface area (Å²) in [5, 5.41) is 24.1. The number of ether oxygens (including phenoxy) is 1. The van der Waals surface area contributed by atoms with Crippen LogP contribution < -0.4 is 15.0 Å². The Labute approximate surface area is 255 Å². The minimum atomic E-state index is -1.88. The summed E-state index contributed by atoms with van der Waals surface area (Å²) in [5.41, 5.74) is 2.92. The van der Waals surface area contributed by atoms with E-state index in [4.69, 9.17) is 16.3 Å². The standard InChI is InChI=1S/C32H34ClN5O5/c33-25-10-6-24(7-11-25)21-38-15-14-34-28(38)22-43-27-12-8-23(9-13-27)20-35-31(41)29(39)30(40)32(42)37-18-16-36(17-19-37)26-4-2-1-3-5-26/h1-15,29-30,39-40H,16-22H2,(H,35,41)/t29-,30-/m1/s1. The Morgan fingerprint density at radius 3 is 2.26 bits per heavy atom. The number of imidazole rings is 1. The number of amides is 2. The lowest BCUT2D eigenvalue weighted by Crippen LogP contribution is -2.55. The summed E-state index contributed by atoms with van der Waals surface area (Å²) in [6.45, 7) is 2.99. The van der Waals surface area contributed by atoms with Gasteiger partial charge in [-0.3, -0.25) is 9.59 Å². The van der Waals surface area contributed by atoms with E-state index in [-0.39, 0.29) is 13.2 Å². The number of para-hydroxylation sites is 1. The summed E-state index contributed by atoms with van der Waals surface area (Å²) in [4.78, 5) is 33.3. The molecule has 1 aromatic heterocycles. The summed E-state index contributed by atoms with van der Waals surface area (Å²) in [5.74, 6) is -0.0849. The number of anilines is 1. The van der Waals surface area contributed by atoms with Crippen molar-refractivity contribution in [3.63, 3.8) is 0 Å². The van der Waals surface area contributed by atoms with Gasteiger partial charge in [-0.25, -0.2) is 4.98 Å². The van der Waals surface area contributed by atoms with E-state index in [0.29, 0.717) is 43.5 Å².